The van der Waals surface area contributed by atoms with Crippen molar-refractivity contribution in [2.45, 2.75) is 76.7 Å². The zero-order valence-corrected chi connectivity index (χ0v) is 14.9. The van der Waals surface area contributed by atoms with Crippen LogP contribution in [0, 0.1) is 5.92 Å². The zero-order valence-electron chi connectivity index (χ0n) is 14.9. The second kappa shape index (κ2) is 7.40. The predicted octanol–water partition coefficient (Wildman–Crippen LogP) is 1.83. The first-order valence-corrected chi connectivity index (χ1v) is 9.41. The number of amides is 2. The Morgan fingerprint density at radius 3 is 2.79 bits per heavy atom. The van der Waals surface area contributed by atoms with Crippen LogP contribution in [0.5, 0.6) is 0 Å². The van der Waals surface area contributed by atoms with Crippen molar-refractivity contribution in [1.29, 1.82) is 0 Å². The van der Waals surface area contributed by atoms with Crippen LogP contribution in [-0.2, 0) is 19.1 Å². The number of hydrogen-bond donors (Lipinski definition) is 1. The van der Waals surface area contributed by atoms with Gasteiger partial charge in [0, 0.05) is 19.6 Å². The minimum atomic E-state index is -0.573. The van der Waals surface area contributed by atoms with Crippen LogP contribution in [0.4, 0.5) is 0 Å². The molecule has 6 heteroatoms. The highest BCUT2D eigenvalue weighted by molar-refractivity contribution is 5.88. The van der Waals surface area contributed by atoms with E-state index in [1.165, 1.54) is 0 Å². The van der Waals surface area contributed by atoms with Gasteiger partial charge in [-0.3, -0.25) is 14.5 Å². The van der Waals surface area contributed by atoms with Crippen molar-refractivity contribution in [2.24, 2.45) is 5.92 Å². The Morgan fingerprint density at radius 2 is 2.12 bits per heavy atom. The molecule has 1 saturated carbocycles. The van der Waals surface area contributed by atoms with Crippen molar-refractivity contribution in [3.05, 3.63) is 0 Å². The largest absolute Gasteiger partial charge is 0.376 e. The van der Waals surface area contributed by atoms with E-state index in [0.717, 1.165) is 45.1 Å². The van der Waals surface area contributed by atoms with E-state index in [1.54, 1.807) is 4.90 Å². The molecule has 136 valence electrons. The number of ether oxygens (including phenoxy) is 2. The molecule has 3 aliphatic rings. The Morgan fingerprint density at radius 1 is 1.29 bits per heavy atom. The molecule has 24 heavy (non-hydrogen) atoms. The van der Waals surface area contributed by atoms with Crippen LogP contribution in [0.25, 0.3) is 0 Å². The van der Waals surface area contributed by atoms with Crippen LogP contribution in [0.2, 0.25) is 0 Å². The summed E-state index contributed by atoms with van der Waals surface area (Å²) in [6.45, 7) is 5.64. The summed E-state index contributed by atoms with van der Waals surface area (Å²) in [6, 6.07) is -0.510. The molecule has 6 nitrogen and oxygen atoms in total. The molecule has 0 aromatic rings. The van der Waals surface area contributed by atoms with Crippen LogP contribution in [0.15, 0.2) is 0 Å². The van der Waals surface area contributed by atoms with Gasteiger partial charge in [0.2, 0.25) is 11.8 Å². The maximum absolute atomic E-state index is 12.7. The smallest absolute Gasteiger partial charge is 0.245 e. The number of carbonyl (C=O) groups is 2. The summed E-state index contributed by atoms with van der Waals surface area (Å²) in [5, 5.41) is 2.97. The lowest BCUT2D eigenvalue weighted by Gasteiger charge is -2.43. The molecule has 3 fully saturated rings. The quantitative estimate of drug-likeness (QED) is 0.849. The molecule has 2 amide bonds. The summed E-state index contributed by atoms with van der Waals surface area (Å²) in [6.07, 6.45) is 6.40. The summed E-state index contributed by atoms with van der Waals surface area (Å²) >= 11 is 0. The van der Waals surface area contributed by atoms with E-state index in [4.69, 9.17) is 9.47 Å². The molecular formula is C18H30N2O4. The van der Waals surface area contributed by atoms with Crippen LogP contribution < -0.4 is 5.32 Å². The molecule has 4 atom stereocenters. The van der Waals surface area contributed by atoms with Crippen LogP contribution in [0.1, 0.15) is 58.8 Å². The standard InChI is InChI=1S/C18H30N2O4/c1-3-16(21)20-15(17(22)19-11-14-7-5-9-23-14)12-24-18(20)8-4-6-13(2)10-18/h13-15H,3-12H2,1-2H3,(H,19,22)/t13-,14-,15-,18-/m0/s1. The molecule has 0 radical (unpaired) electrons. The number of nitrogens with zero attached hydrogens (tertiary/aromatic N) is 1. The van der Waals surface area contributed by atoms with Gasteiger partial charge in [0.05, 0.1) is 12.7 Å². The highest BCUT2D eigenvalue weighted by Crippen LogP contribution is 2.43. The summed E-state index contributed by atoms with van der Waals surface area (Å²) in [5.74, 6) is 0.417. The van der Waals surface area contributed by atoms with Crippen molar-refractivity contribution < 1.29 is 19.1 Å². The van der Waals surface area contributed by atoms with Crippen molar-refractivity contribution in [3.8, 4) is 0 Å². The second-order valence-electron chi connectivity index (χ2n) is 7.47. The van der Waals surface area contributed by atoms with Gasteiger partial charge in [-0.15, -0.1) is 0 Å². The Balaban J connectivity index is 1.69. The Hall–Kier alpha value is -1.14. The van der Waals surface area contributed by atoms with E-state index in [-0.39, 0.29) is 17.9 Å². The molecule has 1 aliphatic carbocycles. The summed E-state index contributed by atoms with van der Waals surface area (Å²) in [7, 11) is 0. The predicted molar refractivity (Wildman–Crippen MR) is 89.2 cm³/mol. The molecule has 0 aromatic heterocycles. The second-order valence-corrected chi connectivity index (χ2v) is 7.47. The van der Waals surface area contributed by atoms with E-state index < -0.39 is 11.8 Å². The molecule has 2 heterocycles. The van der Waals surface area contributed by atoms with Gasteiger partial charge in [-0.2, -0.15) is 0 Å². The highest BCUT2D eigenvalue weighted by atomic mass is 16.5. The lowest BCUT2D eigenvalue weighted by atomic mass is 9.83. The monoisotopic (exact) mass is 338 g/mol. The lowest BCUT2D eigenvalue weighted by molar-refractivity contribution is -0.162. The Bertz CT molecular complexity index is 478. The Labute approximate surface area is 144 Å². The van der Waals surface area contributed by atoms with Crippen LogP contribution >= 0.6 is 0 Å². The third kappa shape index (κ3) is 3.45. The van der Waals surface area contributed by atoms with Gasteiger partial charge in [-0.05, 0) is 38.0 Å². The SMILES string of the molecule is CCC(=O)N1[C@H](C(=O)NC[C@@H]2CCCO2)CO[C@]12CCC[C@H](C)C2. The summed E-state index contributed by atoms with van der Waals surface area (Å²) in [4.78, 5) is 27.1. The van der Waals surface area contributed by atoms with E-state index in [0.29, 0.717) is 25.5 Å². The van der Waals surface area contributed by atoms with E-state index in [2.05, 4.69) is 12.2 Å². The lowest BCUT2D eigenvalue weighted by Crippen LogP contribution is -2.57. The van der Waals surface area contributed by atoms with Crippen molar-refractivity contribution >= 4 is 11.8 Å². The van der Waals surface area contributed by atoms with Gasteiger partial charge >= 0.3 is 0 Å². The number of carbonyl (C=O) groups excluding carboxylic acids is 2. The molecule has 0 unspecified atom stereocenters. The first-order chi connectivity index (χ1) is 11.6. The summed E-state index contributed by atoms with van der Waals surface area (Å²) in [5.41, 5.74) is -0.573. The van der Waals surface area contributed by atoms with E-state index >= 15 is 0 Å². The molecule has 2 aliphatic heterocycles. The fourth-order valence-electron chi connectivity index (χ4n) is 4.39. The van der Waals surface area contributed by atoms with Gasteiger partial charge in [0.25, 0.3) is 0 Å². The molecule has 1 spiro atoms. The number of hydrogen-bond acceptors (Lipinski definition) is 4. The van der Waals surface area contributed by atoms with E-state index in [9.17, 15) is 9.59 Å². The van der Waals surface area contributed by atoms with Crippen molar-refractivity contribution in [2.75, 3.05) is 19.8 Å². The third-order valence-electron chi connectivity index (χ3n) is 5.59. The average Bonchev–Trinajstić information content (AvgIpc) is 3.20. The average molecular weight is 338 g/mol. The minimum absolute atomic E-state index is 0.0128. The number of rotatable bonds is 4. The molecular weight excluding hydrogens is 308 g/mol. The maximum atomic E-state index is 12.7. The van der Waals surface area contributed by atoms with Crippen LogP contribution in [-0.4, -0.2) is 54.3 Å². The fourth-order valence-corrected chi connectivity index (χ4v) is 4.39. The number of nitrogens with one attached hydrogen (secondary N) is 1. The van der Waals surface area contributed by atoms with Gasteiger partial charge < -0.3 is 14.8 Å². The first-order valence-electron chi connectivity index (χ1n) is 9.41. The summed E-state index contributed by atoms with van der Waals surface area (Å²) < 4.78 is 11.7. The van der Waals surface area contributed by atoms with E-state index in [1.807, 2.05) is 6.92 Å². The fraction of sp³-hybridized carbons (Fsp3) is 0.889. The van der Waals surface area contributed by atoms with Gasteiger partial charge in [0.1, 0.15) is 11.8 Å². The third-order valence-corrected chi connectivity index (χ3v) is 5.59. The topological polar surface area (TPSA) is 67.9 Å². The van der Waals surface area contributed by atoms with Gasteiger partial charge in [-0.25, -0.2) is 0 Å². The normalized spacial score (nSPS) is 36.2. The molecule has 0 bridgehead atoms. The first kappa shape index (κ1) is 17.7. The van der Waals surface area contributed by atoms with Gasteiger partial charge in [-0.1, -0.05) is 20.3 Å². The van der Waals surface area contributed by atoms with Crippen LogP contribution in [0.3, 0.4) is 0 Å². The van der Waals surface area contributed by atoms with Gasteiger partial charge in [0.15, 0.2) is 0 Å². The maximum Gasteiger partial charge on any atom is 0.245 e. The molecule has 2 saturated heterocycles. The molecule has 3 rings (SSSR count). The highest BCUT2D eigenvalue weighted by Gasteiger charge is 2.53. The Kier molecular flexibility index (Phi) is 5.45. The molecule has 0 aromatic carbocycles. The molecule has 1 N–H and O–H groups in total. The van der Waals surface area contributed by atoms with Crippen molar-refractivity contribution in [1.82, 2.24) is 10.2 Å². The minimum Gasteiger partial charge on any atom is -0.376 e. The zero-order chi connectivity index (χ0) is 17.2. The van der Waals surface area contributed by atoms with Crippen molar-refractivity contribution in [3.63, 3.8) is 0 Å².